The zero-order valence-corrected chi connectivity index (χ0v) is 22.5. The summed E-state index contributed by atoms with van der Waals surface area (Å²) in [6, 6.07) is 20.5. The number of ether oxygens (including phenoxy) is 1. The summed E-state index contributed by atoms with van der Waals surface area (Å²) in [5.41, 5.74) is 1.20. The number of hydrogen-bond donors (Lipinski definition) is 1. The minimum absolute atomic E-state index is 0.0570. The number of thioether (sulfide) groups is 1. The molecule has 37 heavy (non-hydrogen) atoms. The monoisotopic (exact) mass is 539 g/mol. The van der Waals surface area contributed by atoms with Gasteiger partial charge in [0.2, 0.25) is 15.9 Å². The molecule has 1 saturated heterocycles. The number of hydrogen-bond acceptors (Lipinski definition) is 7. The molecule has 0 aliphatic carbocycles. The second-order valence-corrected chi connectivity index (χ2v) is 12.2. The Hall–Kier alpha value is -3.21. The number of amides is 1. The third kappa shape index (κ3) is 5.56. The van der Waals surface area contributed by atoms with Crippen LogP contribution in [0.15, 0.2) is 83.9 Å². The molecule has 2 heterocycles. The van der Waals surface area contributed by atoms with E-state index in [0.717, 1.165) is 5.56 Å². The predicted octanol–water partition coefficient (Wildman–Crippen LogP) is 3.50. The van der Waals surface area contributed by atoms with Crippen LogP contribution in [0.5, 0.6) is 0 Å². The van der Waals surface area contributed by atoms with Gasteiger partial charge in [0.1, 0.15) is 5.37 Å². The zero-order valence-electron chi connectivity index (χ0n) is 20.8. The lowest BCUT2D eigenvalue weighted by Crippen LogP contribution is -2.46. The van der Waals surface area contributed by atoms with Crippen LogP contribution in [0.2, 0.25) is 0 Å². The summed E-state index contributed by atoms with van der Waals surface area (Å²) >= 11 is 1.28. The third-order valence-electron chi connectivity index (χ3n) is 6.35. The topological polar surface area (TPSA) is 106 Å². The molecule has 2 aromatic carbocycles. The van der Waals surface area contributed by atoms with Crippen LogP contribution in [0, 0.1) is 0 Å². The molecular formula is C27H29N3O5S2. The van der Waals surface area contributed by atoms with Gasteiger partial charge in [-0.2, -0.15) is 4.31 Å². The van der Waals surface area contributed by atoms with E-state index in [-0.39, 0.29) is 11.4 Å². The Bertz CT molecular complexity index is 1310. The molecule has 0 radical (unpaired) electrons. The first kappa shape index (κ1) is 26.8. The van der Waals surface area contributed by atoms with Crippen molar-refractivity contribution in [2.45, 2.75) is 35.6 Å². The first-order valence-corrected chi connectivity index (χ1v) is 14.2. The third-order valence-corrected chi connectivity index (χ3v) is 9.57. The van der Waals surface area contributed by atoms with E-state index < -0.39 is 38.7 Å². The summed E-state index contributed by atoms with van der Waals surface area (Å²) in [6.07, 6.45) is 1.66. The zero-order chi connectivity index (χ0) is 26.6. The van der Waals surface area contributed by atoms with Crippen LogP contribution >= 0.6 is 11.8 Å². The van der Waals surface area contributed by atoms with E-state index in [9.17, 15) is 18.0 Å². The lowest BCUT2D eigenvalue weighted by Gasteiger charge is -2.26. The standard InChI is InChI=1S/C27H29N3O5S2/c1-27(2,26(32)35-3)20-12-14-21(15-13-20)37(33,34)30-17-18-36-25(30)24(31)29-23(19-9-5-4-6-10-19)22-11-7-8-16-28-22/h4-16,23,25H,17-18H2,1-3H3,(H,29,31). The molecule has 194 valence electrons. The fourth-order valence-corrected chi connectivity index (χ4v) is 7.28. The van der Waals surface area contributed by atoms with Crippen molar-refractivity contribution in [2.75, 3.05) is 19.4 Å². The molecule has 0 spiro atoms. The minimum Gasteiger partial charge on any atom is -0.468 e. The first-order valence-electron chi connectivity index (χ1n) is 11.7. The Kier molecular flexibility index (Phi) is 8.01. The highest BCUT2D eigenvalue weighted by molar-refractivity contribution is 8.02. The molecule has 1 N–H and O–H groups in total. The van der Waals surface area contributed by atoms with Gasteiger partial charge < -0.3 is 10.1 Å². The lowest BCUT2D eigenvalue weighted by molar-refractivity contribution is -0.146. The molecule has 1 fully saturated rings. The van der Waals surface area contributed by atoms with Crippen LogP contribution < -0.4 is 5.32 Å². The number of sulfonamides is 1. The predicted molar refractivity (Wildman–Crippen MR) is 142 cm³/mol. The second-order valence-electron chi connectivity index (χ2n) is 9.09. The largest absolute Gasteiger partial charge is 0.468 e. The highest BCUT2D eigenvalue weighted by atomic mass is 32.2. The smallest absolute Gasteiger partial charge is 0.315 e. The van der Waals surface area contributed by atoms with Gasteiger partial charge in [0.25, 0.3) is 0 Å². The molecule has 8 nitrogen and oxygen atoms in total. The van der Waals surface area contributed by atoms with Crippen LogP contribution in [0.4, 0.5) is 0 Å². The molecule has 2 atom stereocenters. The van der Waals surface area contributed by atoms with Crippen molar-refractivity contribution >= 4 is 33.7 Å². The summed E-state index contributed by atoms with van der Waals surface area (Å²) in [6.45, 7) is 3.63. The van der Waals surface area contributed by atoms with E-state index in [0.29, 0.717) is 17.0 Å². The van der Waals surface area contributed by atoms with Gasteiger partial charge in [0, 0.05) is 18.5 Å². The maximum absolute atomic E-state index is 13.6. The molecule has 1 aliphatic heterocycles. The van der Waals surface area contributed by atoms with E-state index in [1.165, 1.54) is 35.3 Å². The number of aromatic nitrogens is 1. The maximum atomic E-state index is 13.6. The number of esters is 1. The van der Waals surface area contributed by atoms with Crippen molar-refractivity contribution in [1.82, 2.24) is 14.6 Å². The van der Waals surface area contributed by atoms with E-state index in [1.807, 2.05) is 42.5 Å². The van der Waals surface area contributed by atoms with Gasteiger partial charge >= 0.3 is 5.97 Å². The summed E-state index contributed by atoms with van der Waals surface area (Å²) < 4.78 is 33.2. The Morgan fingerprint density at radius 2 is 1.73 bits per heavy atom. The highest BCUT2D eigenvalue weighted by Crippen LogP contribution is 2.33. The summed E-state index contributed by atoms with van der Waals surface area (Å²) in [4.78, 5) is 30.1. The number of carbonyl (C=O) groups excluding carboxylic acids is 2. The van der Waals surface area contributed by atoms with Crippen molar-refractivity contribution in [3.05, 3.63) is 95.8 Å². The quantitative estimate of drug-likeness (QED) is 0.437. The Balaban J connectivity index is 1.58. The van der Waals surface area contributed by atoms with Crippen LogP contribution in [0.25, 0.3) is 0 Å². The lowest BCUT2D eigenvalue weighted by atomic mass is 9.85. The average molecular weight is 540 g/mol. The fourth-order valence-electron chi connectivity index (χ4n) is 4.19. The summed E-state index contributed by atoms with van der Waals surface area (Å²) in [5, 5.41) is 2.09. The maximum Gasteiger partial charge on any atom is 0.315 e. The van der Waals surface area contributed by atoms with E-state index >= 15 is 0 Å². The molecule has 1 amide bonds. The Labute approximate surface area is 221 Å². The molecule has 1 aliphatic rings. The van der Waals surface area contributed by atoms with E-state index in [4.69, 9.17) is 4.74 Å². The van der Waals surface area contributed by atoms with E-state index in [1.54, 1.807) is 38.2 Å². The Morgan fingerprint density at radius 3 is 2.35 bits per heavy atom. The van der Waals surface area contributed by atoms with Crippen LogP contribution in [-0.4, -0.2) is 54.4 Å². The average Bonchev–Trinajstić information content (AvgIpc) is 3.43. The number of carbonyl (C=O) groups is 2. The molecule has 4 rings (SSSR count). The molecule has 3 aromatic rings. The van der Waals surface area contributed by atoms with Crippen molar-refractivity contribution in [3.8, 4) is 0 Å². The molecule has 0 bridgehead atoms. The van der Waals surface area contributed by atoms with Gasteiger partial charge in [-0.1, -0.05) is 48.5 Å². The number of nitrogens with one attached hydrogen (secondary N) is 1. The number of nitrogens with zero attached hydrogens (tertiary/aromatic N) is 2. The summed E-state index contributed by atoms with van der Waals surface area (Å²) in [7, 11) is -2.65. The molecule has 2 unspecified atom stereocenters. The van der Waals surface area contributed by atoms with Crippen molar-refractivity contribution < 1.29 is 22.7 Å². The molecular weight excluding hydrogens is 510 g/mol. The number of benzene rings is 2. The number of methoxy groups -OCH3 is 1. The van der Waals surface area contributed by atoms with Crippen molar-refractivity contribution in [1.29, 1.82) is 0 Å². The fraction of sp³-hybridized carbons (Fsp3) is 0.296. The van der Waals surface area contributed by atoms with Crippen molar-refractivity contribution in [2.24, 2.45) is 0 Å². The number of rotatable bonds is 8. The van der Waals surface area contributed by atoms with Gasteiger partial charge in [-0.3, -0.25) is 14.6 Å². The van der Waals surface area contributed by atoms with Gasteiger partial charge in [0.05, 0.1) is 29.2 Å². The number of pyridine rings is 1. The molecule has 1 aromatic heterocycles. The van der Waals surface area contributed by atoms with E-state index in [2.05, 4.69) is 10.3 Å². The first-order chi connectivity index (χ1) is 17.7. The van der Waals surface area contributed by atoms with Gasteiger partial charge in [-0.25, -0.2) is 8.42 Å². The normalized spacial score (nSPS) is 17.2. The van der Waals surface area contributed by atoms with Crippen LogP contribution in [0.1, 0.15) is 36.7 Å². The summed E-state index contributed by atoms with van der Waals surface area (Å²) in [5.74, 6) is -0.338. The van der Waals surface area contributed by atoms with Gasteiger partial charge in [-0.15, -0.1) is 11.8 Å². The minimum atomic E-state index is -3.97. The van der Waals surface area contributed by atoms with Gasteiger partial charge in [-0.05, 0) is 49.2 Å². The molecule has 10 heteroatoms. The second kappa shape index (κ2) is 11.0. The van der Waals surface area contributed by atoms with Crippen LogP contribution in [0.3, 0.4) is 0 Å². The SMILES string of the molecule is COC(=O)C(C)(C)c1ccc(S(=O)(=O)N2CCSC2C(=O)NC(c2ccccc2)c2ccccn2)cc1. The Morgan fingerprint density at radius 1 is 1.05 bits per heavy atom. The van der Waals surface area contributed by atoms with Crippen molar-refractivity contribution in [3.63, 3.8) is 0 Å². The molecule has 0 saturated carbocycles. The van der Waals surface area contributed by atoms with Gasteiger partial charge in [0.15, 0.2) is 0 Å². The highest BCUT2D eigenvalue weighted by Gasteiger charge is 2.41. The van der Waals surface area contributed by atoms with Crippen LogP contribution in [-0.2, 0) is 29.8 Å².